The van der Waals surface area contributed by atoms with Gasteiger partial charge in [-0.15, -0.1) is 24.5 Å². The molecule has 1 fully saturated rings. The number of piperidine rings is 1. The largest absolute Gasteiger partial charge is 0.573 e. The molecule has 184 valence electrons. The van der Waals surface area contributed by atoms with E-state index < -0.39 is 49.3 Å². The lowest BCUT2D eigenvalue weighted by Crippen LogP contribution is -2.69. The molecule has 0 aliphatic carbocycles. The maximum absolute atomic E-state index is 12.9. The summed E-state index contributed by atoms with van der Waals surface area (Å²) < 4.78 is 41.8. The van der Waals surface area contributed by atoms with Gasteiger partial charge in [0.2, 0.25) is 5.91 Å². The SMILES string of the molecule is CCN(CCCc1nc2cc(OC(F)(F)F)ccc2s1)C(=O)[C@H]1N[C@H](CO)[C@@H](O)[C@H](O)[C@@H]1O. The van der Waals surface area contributed by atoms with Crippen molar-refractivity contribution in [2.45, 2.75) is 56.5 Å². The molecular weight excluding hydrogens is 467 g/mol. The van der Waals surface area contributed by atoms with Crippen molar-refractivity contribution >= 4 is 27.5 Å². The first kappa shape index (κ1) is 25.6. The van der Waals surface area contributed by atoms with E-state index in [1.54, 1.807) is 6.92 Å². The minimum atomic E-state index is -4.78. The van der Waals surface area contributed by atoms with Crippen molar-refractivity contribution in [2.75, 3.05) is 19.7 Å². The Kier molecular flexibility index (Phi) is 8.13. The number of carbonyl (C=O) groups is 1. The fraction of sp³-hybridized carbons (Fsp3) is 0.600. The smallest absolute Gasteiger partial charge is 0.406 e. The van der Waals surface area contributed by atoms with Gasteiger partial charge in [-0.05, 0) is 25.5 Å². The minimum Gasteiger partial charge on any atom is -0.406 e. The van der Waals surface area contributed by atoms with Crippen molar-refractivity contribution in [3.05, 3.63) is 23.2 Å². The number of aliphatic hydroxyl groups is 4. The third-order valence-corrected chi connectivity index (χ3v) is 6.56. The quantitative estimate of drug-likeness (QED) is 0.357. The van der Waals surface area contributed by atoms with E-state index in [1.807, 2.05) is 0 Å². The number of ether oxygens (including phenoxy) is 1. The molecule has 1 saturated heterocycles. The van der Waals surface area contributed by atoms with Gasteiger partial charge in [0.05, 0.1) is 27.9 Å². The molecule has 0 unspecified atom stereocenters. The van der Waals surface area contributed by atoms with Gasteiger partial charge in [0.1, 0.15) is 30.1 Å². The van der Waals surface area contributed by atoms with E-state index in [-0.39, 0.29) is 5.75 Å². The molecule has 0 saturated carbocycles. The summed E-state index contributed by atoms with van der Waals surface area (Å²) in [4.78, 5) is 18.7. The molecule has 1 aliphatic heterocycles. The molecule has 5 N–H and O–H groups in total. The number of nitrogens with one attached hydrogen (secondary N) is 1. The Morgan fingerprint density at radius 3 is 2.61 bits per heavy atom. The number of alkyl halides is 3. The maximum Gasteiger partial charge on any atom is 0.573 e. The highest BCUT2D eigenvalue weighted by atomic mass is 32.1. The molecule has 0 radical (unpaired) electrons. The Morgan fingerprint density at radius 2 is 1.97 bits per heavy atom. The average Bonchev–Trinajstić information content (AvgIpc) is 3.16. The summed E-state index contributed by atoms with van der Waals surface area (Å²) in [6.07, 6.45) is -8.34. The van der Waals surface area contributed by atoms with Crippen molar-refractivity contribution in [3.63, 3.8) is 0 Å². The first-order chi connectivity index (χ1) is 15.5. The number of benzene rings is 1. The fourth-order valence-electron chi connectivity index (χ4n) is 3.74. The van der Waals surface area contributed by atoms with E-state index in [0.717, 1.165) is 0 Å². The van der Waals surface area contributed by atoms with E-state index in [2.05, 4.69) is 15.0 Å². The molecular formula is C20H26F3N3O6S. The number of carbonyl (C=O) groups excluding carboxylic acids is 1. The van der Waals surface area contributed by atoms with Crippen LogP contribution < -0.4 is 10.1 Å². The first-order valence-corrected chi connectivity index (χ1v) is 11.2. The number of aryl methyl sites for hydroxylation is 1. The third kappa shape index (κ3) is 6.11. The van der Waals surface area contributed by atoms with Gasteiger partial charge in [0, 0.05) is 25.6 Å². The van der Waals surface area contributed by atoms with E-state index >= 15 is 0 Å². The van der Waals surface area contributed by atoms with Crippen LogP contribution in [0.5, 0.6) is 5.75 Å². The zero-order chi connectivity index (χ0) is 24.3. The predicted octanol–water partition coefficient (Wildman–Crippen LogP) is 0.391. The van der Waals surface area contributed by atoms with Gasteiger partial charge in [0.15, 0.2) is 0 Å². The number of aliphatic hydroxyl groups excluding tert-OH is 4. The van der Waals surface area contributed by atoms with Crippen LogP contribution in [-0.2, 0) is 11.2 Å². The number of aromatic nitrogens is 1. The highest BCUT2D eigenvalue weighted by Gasteiger charge is 2.45. The van der Waals surface area contributed by atoms with Crippen molar-refractivity contribution < 1.29 is 43.1 Å². The van der Waals surface area contributed by atoms with Crippen LogP contribution in [0.4, 0.5) is 13.2 Å². The van der Waals surface area contributed by atoms with E-state index in [9.17, 15) is 38.4 Å². The summed E-state index contributed by atoms with van der Waals surface area (Å²) in [7, 11) is 0. The van der Waals surface area contributed by atoms with Gasteiger partial charge in [-0.25, -0.2) is 4.98 Å². The lowest BCUT2D eigenvalue weighted by Gasteiger charge is -2.41. The third-order valence-electron chi connectivity index (χ3n) is 5.46. The number of halogens is 3. The molecule has 1 aromatic carbocycles. The van der Waals surface area contributed by atoms with Crippen LogP contribution in [0, 0.1) is 0 Å². The van der Waals surface area contributed by atoms with Gasteiger partial charge in [-0.2, -0.15) is 0 Å². The highest BCUT2D eigenvalue weighted by Crippen LogP contribution is 2.29. The van der Waals surface area contributed by atoms with Crippen LogP contribution in [0.3, 0.4) is 0 Å². The monoisotopic (exact) mass is 493 g/mol. The lowest BCUT2D eigenvalue weighted by molar-refractivity contribution is -0.274. The molecule has 33 heavy (non-hydrogen) atoms. The number of hydrogen-bond donors (Lipinski definition) is 5. The van der Waals surface area contributed by atoms with Crippen LogP contribution in [0.2, 0.25) is 0 Å². The van der Waals surface area contributed by atoms with Crippen LogP contribution in [0.25, 0.3) is 10.2 Å². The van der Waals surface area contributed by atoms with Crippen molar-refractivity contribution in [3.8, 4) is 5.75 Å². The number of likely N-dealkylation sites (N-methyl/N-ethyl adjacent to an activating group) is 1. The first-order valence-electron chi connectivity index (χ1n) is 10.4. The number of fused-ring (bicyclic) bond motifs is 1. The van der Waals surface area contributed by atoms with Gasteiger partial charge in [-0.1, -0.05) is 0 Å². The van der Waals surface area contributed by atoms with E-state index in [0.29, 0.717) is 41.2 Å². The molecule has 1 amide bonds. The predicted molar refractivity (Wildman–Crippen MR) is 113 cm³/mol. The van der Waals surface area contributed by atoms with Gasteiger partial charge < -0.3 is 30.1 Å². The zero-order valence-corrected chi connectivity index (χ0v) is 18.5. The molecule has 1 aromatic heterocycles. The Hall–Kier alpha value is -2.03. The average molecular weight is 494 g/mol. The number of hydrogen-bond acceptors (Lipinski definition) is 9. The number of rotatable bonds is 8. The van der Waals surface area contributed by atoms with Gasteiger partial charge in [-0.3, -0.25) is 10.1 Å². The van der Waals surface area contributed by atoms with Crippen molar-refractivity contribution in [1.82, 2.24) is 15.2 Å². The second-order valence-corrected chi connectivity index (χ2v) is 8.83. The highest BCUT2D eigenvalue weighted by molar-refractivity contribution is 7.18. The second-order valence-electron chi connectivity index (χ2n) is 7.71. The number of nitrogens with zero attached hydrogens (tertiary/aromatic N) is 2. The molecule has 0 spiro atoms. The fourth-order valence-corrected chi connectivity index (χ4v) is 4.73. The normalized spacial score (nSPS) is 25.9. The van der Waals surface area contributed by atoms with Crippen LogP contribution in [0.15, 0.2) is 18.2 Å². The van der Waals surface area contributed by atoms with E-state index in [4.69, 9.17) is 0 Å². The summed E-state index contributed by atoms with van der Waals surface area (Å²) in [5, 5.41) is 42.8. The maximum atomic E-state index is 12.9. The lowest BCUT2D eigenvalue weighted by atomic mass is 9.90. The molecule has 9 nitrogen and oxygen atoms in total. The Balaban J connectivity index is 1.60. The number of thiazole rings is 1. The van der Waals surface area contributed by atoms with Crippen LogP contribution in [0.1, 0.15) is 18.4 Å². The van der Waals surface area contributed by atoms with Gasteiger partial charge in [0.25, 0.3) is 0 Å². The topological polar surface area (TPSA) is 135 Å². The summed E-state index contributed by atoms with van der Waals surface area (Å²) in [5.41, 5.74) is 0.386. The summed E-state index contributed by atoms with van der Waals surface area (Å²) >= 11 is 1.33. The second kappa shape index (κ2) is 10.5. The summed E-state index contributed by atoms with van der Waals surface area (Å²) in [6.45, 7) is 1.86. The molecule has 2 aromatic rings. The number of amides is 1. The molecule has 2 heterocycles. The van der Waals surface area contributed by atoms with Gasteiger partial charge >= 0.3 is 6.36 Å². The standard InChI is InChI=1S/C20H26F3N3O6S/c1-2-26(19(31)15-17(29)18(30)16(28)12(9-27)25-15)7-3-4-14-24-11-8-10(32-20(21,22)23)5-6-13(11)33-14/h5-6,8,12,15-18,25,27-30H,2-4,7,9H2,1H3/t12-,15+,16-,17-,18+/m1/s1. The van der Waals surface area contributed by atoms with Crippen LogP contribution >= 0.6 is 11.3 Å². The molecule has 1 aliphatic rings. The van der Waals surface area contributed by atoms with Crippen LogP contribution in [-0.4, -0.2) is 92.7 Å². The molecule has 3 rings (SSSR count). The summed E-state index contributed by atoms with van der Waals surface area (Å²) in [6, 6.07) is 1.81. The molecule has 13 heteroatoms. The van der Waals surface area contributed by atoms with E-state index in [1.165, 1.54) is 34.4 Å². The Bertz CT molecular complexity index is 957. The Morgan fingerprint density at radius 1 is 1.24 bits per heavy atom. The molecule has 5 atom stereocenters. The Labute approximate surface area is 191 Å². The summed E-state index contributed by atoms with van der Waals surface area (Å²) in [5.74, 6) is -0.825. The minimum absolute atomic E-state index is 0.307. The zero-order valence-electron chi connectivity index (χ0n) is 17.7. The molecule has 0 bridgehead atoms. The van der Waals surface area contributed by atoms with Crippen molar-refractivity contribution in [1.29, 1.82) is 0 Å². The van der Waals surface area contributed by atoms with Crippen molar-refractivity contribution in [2.24, 2.45) is 0 Å².